The first-order valence-electron chi connectivity index (χ1n) is 8.37. The molecule has 0 aliphatic heterocycles. The predicted molar refractivity (Wildman–Crippen MR) is 97.4 cm³/mol. The number of nitro groups is 1. The van der Waals surface area contributed by atoms with Crippen LogP contribution in [0.25, 0.3) is 0 Å². The summed E-state index contributed by atoms with van der Waals surface area (Å²) in [5, 5.41) is 13.4. The number of halogens is 2. The van der Waals surface area contributed by atoms with Crippen LogP contribution in [-0.4, -0.2) is 37.1 Å². The molecule has 2 rings (SSSR count). The van der Waals surface area contributed by atoms with Gasteiger partial charge in [0.25, 0.3) is 5.69 Å². The number of ether oxygens (including phenoxy) is 2. The Morgan fingerprint density at radius 1 is 1.14 bits per heavy atom. The summed E-state index contributed by atoms with van der Waals surface area (Å²) < 4.78 is 36.4. The Morgan fingerprint density at radius 3 is 2.34 bits per heavy atom. The number of nitro benzene ring substituents is 1. The molecule has 0 aromatic heterocycles. The van der Waals surface area contributed by atoms with Crippen molar-refractivity contribution in [2.75, 3.05) is 14.2 Å². The summed E-state index contributed by atoms with van der Waals surface area (Å²) in [5.41, 5.74) is 0.164. The SMILES string of the molecule is COC(=O)[C@@H](Cc1cc([N+](=O)[O-])ccc1OC)NC(=O)Cc1cc(F)cc(F)c1. The van der Waals surface area contributed by atoms with Crippen LogP contribution in [0.3, 0.4) is 0 Å². The van der Waals surface area contributed by atoms with Gasteiger partial charge in [0, 0.05) is 30.2 Å². The zero-order valence-corrected chi connectivity index (χ0v) is 15.6. The van der Waals surface area contributed by atoms with E-state index in [0.717, 1.165) is 19.2 Å². The van der Waals surface area contributed by atoms with Crippen molar-refractivity contribution in [3.8, 4) is 5.75 Å². The summed E-state index contributed by atoms with van der Waals surface area (Å²) in [5.74, 6) is -2.87. The summed E-state index contributed by atoms with van der Waals surface area (Å²) in [6.45, 7) is 0. The lowest BCUT2D eigenvalue weighted by Gasteiger charge is -2.18. The van der Waals surface area contributed by atoms with Crippen molar-refractivity contribution in [2.45, 2.75) is 18.9 Å². The first-order chi connectivity index (χ1) is 13.7. The Balaban J connectivity index is 2.21. The Kier molecular flexibility index (Phi) is 7.18. The molecular weight excluding hydrogens is 390 g/mol. The molecule has 0 bridgehead atoms. The molecule has 1 atom stereocenters. The minimum Gasteiger partial charge on any atom is -0.496 e. The monoisotopic (exact) mass is 408 g/mol. The molecule has 0 aliphatic carbocycles. The second-order valence-corrected chi connectivity index (χ2v) is 6.06. The lowest BCUT2D eigenvalue weighted by atomic mass is 10.0. The molecule has 8 nitrogen and oxygen atoms in total. The van der Waals surface area contributed by atoms with Crippen molar-refractivity contribution in [2.24, 2.45) is 0 Å². The van der Waals surface area contributed by atoms with Crippen LogP contribution >= 0.6 is 0 Å². The normalized spacial score (nSPS) is 11.4. The van der Waals surface area contributed by atoms with Gasteiger partial charge in [0.2, 0.25) is 5.91 Å². The Labute approximate surface area is 164 Å². The highest BCUT2D eigenvalue weighted by atomic mass is 19.1. The topological polar surface area (TPSA) is 108 Å². The quantitative estimate of drug-likeness (QED) is 0.408. The highest BCUT2D eigenvalue weighted by molar-refractivity contribution is 5.86. The van der Waals surface area contributed by atoms with E-state index in [0.29, 0.717) is 11.6 Å². The van der Waals surface area contributed by atoms with Crippen molar-refractivity contribution >= 4 is 17.6 Å². The Morgan fingerprint density at radius 2 is 1.79 bits per heavy atom. The van der Waals surface area contributed by atoms with Gasteiger partial charge in [-0.25, -0.2) is 13.6 Å². The van der Waals surface area contributed by atoms with Crippen molar-refractivity contribution in [1.29, 1.82) is 0 Å². The third kappa shape index (κ3) is 5.96. The van der Waals surface area contributed by atoms with E-state index in [1.807, 2.05) is 0 Å². The van der Waals surface area contributed by atoms with Gasteiger partial charge in [0.05, 0.1) is 25.6 Å². The second-order valence-electron chi connectivity index (χ2n) is 6.06. The lowest BCUT2D eigenvalue weighted by molar-refractivity contribution is -0.384. The summed E-state index contributed by atoms with van der Waals surface area (Å²) in [7, 11) is 2.48. The first-order valence-corrected chi connectivity index (χ1v) is 8.37. The summed E-state index contributed by atoms with van der Waals surface area (Å²) in [6.07, 6.45) is -0.533. The van der Waals surface area contributed by atoms with Gasteiger partial charge in [-0.3, -0.25) is 14.9 Å². The van der Waals surface area contributed by atoms with Crippen molar-refractivity contribution in [3.63, 3.8) is 0 Å². The number of hydrogen-bond acceptors (Lipinski definition) is 6. The van der Waals surface area contributed by atoms with Crippen LogP contribution in [0.2, 0.25) is 0 Å². The van der Waals surface area contributed by atoms with Crippen molar-refractivity contribution < 1.29 is 32.8 Å². The lowest BCUT2D eigenvalue weighted by Crippen LogP contribution is -2.43. The molecule has 29 heavy (non-hydrogen) atoms. The first kappa shape index (κ1) is 21.7. The van der Waals surface area contributed by atoms with E-state index in [2.05, 4.69) is 10.1 Å². The number of esters is 1. The molecule has 1 amide bonds. The predicted octanol–water partition coefficient (Wildman–Crippen LogP) is 2.32. The van der Waals surface area contributed by atoms with Crippen LogP contribution < -0.4 is 10.1 Å². The fraction of sp³-hybridized carbons (Fsp3) is 0.263. The van der Waals surface area contributed by atoms with Crippen LogP contribution in [0, 0.1) is 21.7 Å². The Hall–Kier alpha value is -3.56. The van der Waals surface area contributed by atoms with Crippen molar-refractivity contribution in [3.05, 3.63) is 69.3 Å². The largest absolute Gasteiger partial charge is 0.496 e. The van der Waals surface area contributed by atoms with Crippen LogP contribution in [-0.2, 0) is 27.2 Å². The minimum atomic E-state index is -1.19. The van der Waals surface area contributed by atoms with E-state index in [1.54, 1.807) is 0 Å². The number of rotatable bonds is 8. The van der Waals surface area contributed by atoms with Gasteiger partial charge < -0.3 is 14.8 Å². The molecule has 1 N–H and O–H groups in total. The number of carbonyl (C=O) groups excluding carboxylic acids is 2. The maximum absolute atomic E-state index is 13.3. The standard InChI is InChI=1S/C19H18F2N2O6/c1-28-17-4-3-15(23(26)27)8-12(17)9-16(19(25)29-2)22-18(24)7-11-5-13(20)10-14(21)6-11/h3-6,8,10,16H,7,9H2,1-2H3,(H,22,24)/t16-/m1/s1. The Bertz CT molecular complexity index is 915. The van der Waals surface area contributed by atoms with Gasteiger partial charge in [-0.2, -0.15) is 0 Å². The second kappa shape index (κ2) is 9.58. The van der Waals surface area contributed by atoms with Crippen molar-refractivity contribution in [1.82, 2.24) is 5.32 Å². The average Bonchev–Trinajstić information content (AvgIpc) is 2.65. The maximum atomic E-state index is 13.3. The van der Waals surface area contributed by atoms with E-state index >= 15 is 0 Å². The third-order valence-electron chi connectivity index (χ3n) is 4.01. The number of nitrogens with one attached hydrogen (secondary N) is 1. The molecule has 0 spiro atoms. The highest BCUT2D eigenvalue weighted by Gasteiger charge is 2.25. The number of hydrogen-bond donors (Lipinski definition) is 1. The molecule has 0 saturated carbocycles. The van der Waals surface area contributed by atoms with Crippen LogP contribution in [0.4, 0.5) is 14.5 Å². The molecule has 2 aromatic rings. The molecule has 0 unspecified atom stereocenters. The minimum absolute atomic E-state index is 0.0801. The smallest absolute Gasteiger partial charge is 0.328 e. The van der Waals surface area contributed by atoms with Gasteiger partial charge in [-0.05, 0) is 23.8 Å². The number of nitrogens with zero attached hydrogens (tertiary/aromatic N) is 1. The molecule has 0 saturated heterocycles. The van der Waals surface area contributed by atoms with Gasteiger partial charge in [-0.1, -0.05) is 0 Å². The molecule has 0 radical (unpaired) electrons. The number of methoxy groups -OCH3 is 2. The molecule has 2 aromatic carbocycles. The van der Waals surface area contributed by atoms with Crippen LogP contribution in [0.5, 0.6) is 5.75 Å². The zero-order valence-electron chi connectivity index (χ0n) is 15.6. The van der Waals surface area contributed by atoms with Gasteiger partial charge in [0.15, 0.2) is 0 Å². The molecular formula is C19H18F2N2O6. The third-order valence-corrected chi connectivity index (χ3v) is 4.01. The summed E-state index contributed by atoms with van der Waals surface area (Å²) in [4.78, 5) is 34.8. The van der Waals surface area contributed by atoms with E-state index < -0.39 is 34.5 Å². The summed E-state index contributed by atoms with van der Waals surface area (Å²) >= 11 is 0. The fourth-order valence-electron chi connectivity index (χ4n) is 2.74. The molecule has 0 fully saturated rings. The zero-order chi connectivity index (χ0) is 21.6. The fourth-order valence-corrected chi connectivity index (χ4v) is 2.74. The molecule has 10 heteroatoms. The van der Waals surface area contributed by atoms with E-state index in [4.69, 9.17) is 4.74 Å². The maximum Gasteiger partial charge on any atom is 0.328 e. The molecule has 154 valence electrons. The van der Waals surface area contributed by atoms with Gasteiger partial charge >= 0.3 is 5.97 Å². The summed E-state index contributed by atoms with van der Waals surface area (Å²) in [6, 6.07) is 5.32. The van der Waals surface area contributed by atoms with E-state index in [-0.39, 0.29) is 29.8 Å². The van der Waals surface area contributed by atoms with E-state index in [9.17, 15) is 28.5 Å². The van der Waals surface area contributed by atoms with Gasteiger partial charge in [0.1, 0.15) is 23.4 Å². The molecule has 0 heterocycles. The number of carbonyl (C=O) groups is 2. The van der Waals surface area contributed by atoms with E-state index in [1.165, 1.54) is 25.3 Å². The molecule has 0 aliphatic rings. The number of non-ortho nitro benzene ring substituents is 1. The highest BCUT2D eigenvalue weighted by Crippen LogP contribution is 2.25. The average molecular weight is 408 g/mol. The van der Waals surface area contributed by atoms with Crippen LogP contribution in [0.15, 0.2) is 36.4 Å². The number of amides is 1. The number of benzene rings is 2. The van der Waals surface area contributed by atoms with Crippen LogP contribution in [0.1, 0.15) is 11.1 Å². The van der Waals surface area contributed by atoms with Gasteiger partial charge in [-0.15, -0.1) is 0 Å².